The van der Waals surface area contributed by atoms with Gasteiger partial charge in [-0.05, 0) is 30.2 Å². The molecule has 0 saturated heterocycles. The van der Waals surface area contributed by atoms with Crippen molar-refractivity contribution < 1.29 is 18.3 Å². The average Bonchev–Trinajstić information content (AvgIpc) is 2.93. The highest BCUT2D eigenvalue weighted by atomic mass is 32.2. The van der Waals surface area contributed by atoms with Gasteiger partial charge in [-0.2, -0.15) is 0 Å². The maximum Gasteiger partial charge on any atom is 0.339 e. The summed E-state index contributed by atoms with van der Waals surface area (Å²) in [6.07, 6.45) is 5.80. The van der Waals surface area contributed by atoms with E-state index >= 15 is 0 Å². The lowest BCUT2D eigenvalue weighted by molar-refractivity contribution is 0.0694. The van der Waals surface area contributed by atoms with E-state index in [0.29, 0.717) is 15.7 Å². The third-order valence-electron chi connectivity index (χ3n) is 2.98. The standard InChI is InChI=1S/C15H16N2O4S2/c1-9(2)14-11(15(18)19)8-16-12(17-14)6-4-10-5-7-13(22-10)23(3,20)21/h4-9H,1-3H3,(H,18,19)/b6-4+. The largest absolute Gasteiger partial charge is 0.478 e. The summed E-state index contributed by atoms with van der Waals surface area (Å²) < 4.78 is 23.2. The van der Waals surface area contributed by atoms with Gasteiger partial charge in [0.25, 0.3) is 0 Å². The fraction of sp³-hybridized carbons (Fsp3) is 0.267. The first kappa shape index (κ1) is 17.3. The molecule has 0 spiro atoms. The molecule has 0 atom stereocenters. The van der Waals surface area contributed by atoms with Gasteiger partial charge in [0.05, 0.1) is 11.3 Å². The Bertz CT molecular complexity index is 867. The molecule has 8 heteroatoms. The molecule has 1 N–H and O–H groups in total. The van der Waals surface area contributed by atoms with E-state index in [-0.39, 0.29) is 11.5 Å². The van der Waals surface area contributed by atoms with Gasteiger partial charge in [0.2, 0.25) is 0 Å². The molecule has 0 amide bonds. The van der Waals surface area contributed by atoms with Crippen LogP contribution in [0.1, 0.15) is 46.5 Å². The summed E-state index contributed by atoms with van der Waals surface area (Å²) in [7, 11) is -3.21. The average molecular weight is 352 g/mol. The van der Waals surface area contributed by atoms with Crippen molar-refractivity contribution in [3.63, 3.8) is 0 Å². The second kappa shape index (κ2) is 6.59. The minimum absolute atomic E-state index is 0.0465. The topological polar surface area (TPSA) is 97.2 Å². The lowest BCUT2D eigenvalue weighted by atomic mass is 10.1. The van der Waals surface area contributed by atoms with Gasteiger partial charge in [0.1, 0.15) is 4.21 Å². The molecule has 0 aromatic carbocycles. The van der Waals surface area contributed by atoms with Crippen LogP contribution in [-0.2, 0) is 9.84 Å². The van der Waals surface area contributed by atoms with E-state index in [1.54, 1.807) is 24.3 Å². The molecular weight excluding hydrogens is 336 g/mol. The number of carboxylic acids is 1. The normalized spacial score (nSPS) is 12.2. The Morgan fingerprint density at radius 1 is 1.30 bits per heavy atom. The fourth-order valence-electron chi connectivity index (χ4n) is 1.87. The molecule has 2 rings (SSSR count). The van der Waals surface area contributed by atoms with Crippen LogP contribution in [0.2, 0.25) is 0 Å². The molecule has 2 aromatic rings. The second-order valence-corrected chi connectivity index (χ2v) is 8.61. The van der Waals surface area contributed by atoms with Crippen LogP contribution in [-0.4, -0.2) is 35.7 Å². The third kappa shape index (κ3) is 4.23. The van der Waals surface area contributed by atoms with E-state index in [4.69, 9.17) is 5.11 Å². The number of rotatable bonds is 5. The second-order valence-electron chi connectivity index (χ2n) is 5.25. The summed E-state index contributed by atoms with van der Waals surface area (Å²) in [6.45, 7) is 3.72. The highest BCUT2D eigenvalue weighted by Gasteiger charge is 2.15. The SMILES string of the molecule is CC(C)c1nc(/C=C/c2ccc(S(C)(=O)=O)s2)ncc1C(=O)O. The van der Waals surface area contributed by atoms with Gasteiger partial charge in [-0.25, -0.2) is 23.2 Å². The highest BCUT2D eigenvalue weighted by Crippen LogP contribution is 2.23. The van der Waals surface area contributed by atoms with E-state index in [2.05, 4.69) is 9.97 Å². The van der Waals surface area contributed by atoms with Gasteiger partial charge in [-0.15, -0.1) is 11.3 Å². The first-order valence-electron chi connectivity index (χ1n) is 6.76. The molecule has 0 radical (unpaired) electrons. The molecule has 23 heavy (non-hydrogen) atoms. The van der Waals surface area contributed by atoms with Crippen LogP contribution in [0.5, 0.6) is 0 Å². The predicted molar refractivity (Wildman–Crippen MR) is 89.4 cm³/mol. The maximum absolute atomic E-state index is 11.4. The van der Waals surface area contributed by atoms with E-state index < -0.39 is 15.8 Å². The number of hydrogen-bond acceptors (Lipinski definition) is 6. The Hall–Kier alpha value is -2.06. The Kier molecular flexibility index (Phi) is 4.96. The van der Waals surface area contributed by atoms with Crippen LogP contribution in [0.3, 0.4) is 0 Å². The van der Waals surface area contributed by atoms with Crippen molar-refractivity contribution in [1.82, 2.24) is 9.97 Å². The van der Waals surface area contributed by atoms with Gasteiger partial charge in [-0.1, -0.05) is 13.8 Å². The fourth-order valence-corrected chi connectivity index (χ4v) is 3.72. The van der Waals surface area contributed by atoms with Gasteiger partial charge in [0, 0.05) is 17.3 Å². The molecule has 0 fully saturated rings. The van der Waals surface area contributed by atoms with Crippen molar-refractivity contribution in [2.45, 2.75) is 24.0 Å². The van der Waals surface area contributed by atoms with Gasteiger partial charge >= 0.3 is 5.97 Å². The Morgan fingerprint density at radius 2 is 2.00 bits per heavy atom. The molecule has 6 nitrogen and oxygen atoms in total. The number of hydrogen-bond donors (Lipinski definition) is 1. The lowest BCUT2D eigenvalue weighted by Gasteiger charge is -2.08. The molecule has 122 valence electrons. The van der Waals surface area contributed by atoms with Crippen LogP contribution in [0.25, 0.3) is 12.2 Å². The molecular formula is C15H16N2O4S2. The summed E-state index contributed by atoms with van der Waals surface area (Å²) in [5.41, 5.74) is 0.558. The number of sulfone groups is 1. The van der Waals surface area contributed by atoms with Crippen LogP contribution in [0, 0.1) is 0 Å². The van der Waals surface area contributed by atoms with Gasteiger partial charge < -0.3 is 5.11 Å². The van der Waals surface area contributed by atoms with E-state index in [1.807, 2.05) is 13.8 Å². The van der Waals surface area contributed by atoms with Crippen molar-refractivity contribution >= 4 is 39.3 Å². The van der Waals surface area contributed by atoms with Crippen molar-refractivity contribution in [2.75, 3.05) is 6.26 Å². The number of thiophene rings is 1. The summed E-state index contributed by atoms with van der Waals surface area (Å²) in [4.78, 5) is 20.2. The van der Waals surface area contributed by atoms with Crippen LogP contribution in [0.4, 0.5) is 0 Å². The Labute approximate surface area is 138 Å². The molecule has 0 aliphatic carbocycles. The smallest absolute Gasteiger partial charge is 0.339 e. The van der Waals surface area contributed by atoms with Crippen molar-refractivity contribution in [3.8, 4) is 0 Å². The Balaban J connectivity index is 2.31. The first-order valence-corrected chi connectivity index (χ1v) is 9.47. The summed E-state index contributed by atoms with van der Waals surface area (Å²) >= 11 is 1.15. The molecule has 0 aliphatic rings. The predicted octanol–water partition coefficient (Wildman–Crippen LogP) is 2.93. The highest BCUT2D eigenvalue weighted by molar-refractivity contribution is 7.92. The van der Waals surface area contributed by atoms with Crippen LogP contribution in [0.15, 0.2) is 22.5 Å². The lowest BCUT2D eigenvalue weighted by Crippen LogP contribution is -2.08. The quantitative estimate of drug-likeness (QED) is 0.888. The molecule has 2 aromatic heterocycles. The molecule has 0 unspecified atom stereocenters. The first-order chi connectivity index (χ1) is 10.7. The number of aromatic nitrogens is 2. The van der Waals surface area contributed by atoms with Crippen LogP contribution < -0.4 is 0 Å². The van der Waals surface area contributed by atoms with Crippen molar-refractivity contribution in [1.29, 1.82) is 0 Å². The van der Waals surface area contributed by atoms with Crippen LogP contribution >= 0.6 is 11.3 Å². The summed E-state index contributed by atoms with van der Waals surface area (Å²) in [5, 5.41) is 9.14. The number of carbonyl (C=O) groups is 1. The zero-order valence-corrected chi connectivity index (χ0v) is 14.5. The van der Waals surface area contributed by atoms with E-state index in [9.17, 15) is 13.2 Å². The van der Waals surface area contributed by atoms with E-state index in [0.717, 1.165) is 22.5 Å². The van der Waals surface area contributed by atoms with E-state index in [1.165, 1.54) is 6.20 Å². The Morgan fingerprint density at radius 3 is 2.52 bits per heavy atom. The number of aromatic carboxylic acids is 1. The summed E-state index contributed by atoms with van der Waals surface area (Å²) in [5.74, 6) is -0.719. The monoisotopic (exact) mass is 352 g/mol. The van der Waals surface area contributed by atoms with Crippen molar-refractivity contribution in [2.24, 2.45) is 0 Å². The molecule has 2 heterocycles. The number of carboxylic acid groups (broad SMARTS) is 1. The molecule has 0 saturated carbocycles. The summed E-state index contributed by atoms with van der Waals surface area (Å²) in [6, 6.07) is 3.25. The maximum atomic E-state index is 11.4. The van der Waals surface area contributed by atoms with Gasteiger partial charge in [-0.3, -0.25) is 0 Å². The van der Waals surface area contributed by atoms with Gasteiger partial charge in [0.15, 0.2) is 15.7 Å². The molecule has 0 bridgehead atoms. The zero-order valence-electron chi connectivity index (χ0n) is 12.8. The van der Waals surface area contributed by atoms with Crippen molar-refractivity contribution in [3.05, 3.63) is 40.3 Å². The minimum atomic E-state index is -3.21. The molecule has 0 aliphatic heterocycles. The number of nitrogens with zero attached hydrogens (tertiary/aromatic N) is 2. The minimum Gasteiger partial charge on any atom is -0.478 e. The zero-order chi connectivity index (χ0) is 17.2. The third-order valence-corrected chi connectivity index (χ3v) is 5.85.